The Kier molecular flexibility index (Phi) is 6.34. The van der Waals surface area contributed by atoms with E-state index in [2.05, 4.69) is 38.2 Å². The van der Waals surface area contributed by atoms with E-state index in [0.29, 0.717) is 24.1 Å². The summed E-state index contributed by atoms with van der Waals surface area (Å²) in [6, 6.07) is 4.65. The van der Waals surface area contributed by atoms with Crippen molar-refractivity contribution in [2.45, 2.75) is 50.6 Å². The second kappa shape index (κ2) is 8.72. The number of amides is 1. The van der Waals surface area contributed by atoms with Gasteiger partial charge in [-0.15, -0.1) is 0 Å². The lowest BCUT2D eigenvalue weighted by Crippen LogP contribution is -2.39. The number of furan rings is 1. The smallest absolute Gasteiger partial charge is 0.217 e. The summed E-state index contributed by atoms with van der Waals surface area (Å²) in [5.41, 5.74) is 5.81. The molecule has 1 aliphatic carbocycles. The molecule has 0 aliphatic heterocycles. The van der Waals surface area contributed by atoms with E-state index in [1.165, 1.54) is 0 Å². The molecule has 0 unspecified atom stereocenters. The third kappa shape index (κ3) is 4.79. The summed E-state index contributed by atoms with van der Waals surface area (Å²) >= 11 is 3.59. The summed E-state index contributed by atoms with van der Waals surface area (Å²) in [6.07, 6.45) is 7.25. The lowest BCUT2D eigenvalue weighted by Gasteiger charge is -2.35. The van der Waals surface area contributed by atoms with Crippen LogP contribution in [0.3, 0.4) is 0 Å². The number of halogens is 1. The van der Waals surface area contributed by atoms with Gasteiger partial charge in [0.2, 0.25) is 11.7 Å². The van der Waals surface area contributed by atoms with E-state index in [1.54, 1.807) is 12.3 Å². The summed E-state index contributed by atoms with van der Waals surface area (Å²) in [4.78, 5) is 17.7. The maximum Gasteiger partial charge on any atom is 0.217 e. The van der Waals surface area contributed by atoms with Crippen molar-refractivity contribution in [3.05, 3.63) is 22.5 Å². The number of fused-ring (bicyclic) bond motifs is 1. The molecule has 1 saturated carbocycles. The summed E-state index contributed by atoms with van der Waals surface area (Å²) < 4.78 is 6.24. The molecular weight excluding hydrogens is 410 g/mol. The third-order valence-electron chi connectivity index (χ3n) is 5.22. The van der Waals surface area contributed by atoms with E-state index in [0.717, 1.165) is 54.3 Å². The van der Waals surface area contributed by atoms with Crippen LogP contribution < -0.4 is 11.1 Å². The first kappa shape index (κ1) is 19.6. The third-order valence-corrected chi connectivity index (χ3v) is 6.02. The lowest BCUT2D eigenvalue weighted by molar-refractivity contribution is -0.118. The van der Waals surface area contributed by atoms with E-state index in [9.17, 15) is 4.79 Å². The van der Waals surface area contributed by atoms with Crippen molar-refractivity contribution in [1.29, 1.82) is 5.26 Å². The molecule has 3 rings (SSSR count). The van der Waals surface area contributed by atoms with Gasteiger partial charge in [0, 0.05) is 30.0 Å². The maximum absolute atomic E-state index is 10.9. The van der Waals surface area contributed by atoms with Crippen molar-refractivity contribution in [3.63, 3.8) is 0 Å². The van der Waals surface area contributed by atoms with Crippen molar-refractivity contribution >= 4 is 38.6 Å². The first-order valence-electron chi connectivity index (χ1n) is 9.21. The van der Waals surface area contributed by atoms with Crippen LogP contribution in [-0.4, -0.2) is 41.5 Å². The Morgan fingerprint density at radius 2 is 2.22 bits per heavy atom. The highest BCUT2D eigenvalue weighted by Crippen LogP contribution is 2.33. The predicted octanol–water partition coefficient (Wildman–Crippen LogP) is 3.38. The molecule has 1 fully saturated rings. The molecule has 2 aromatic heterocycles. The number of primary amides is 1. The van der Waals surface area contributed by atoms with Crippen molar-refractivity contribution in [2.24, 2.45) is 5.73 Å². The minimum absolute atomic E-state index is 0.231. The maximum atomic E-state index is 10.9. The molecule has 27 heavy (non-hydrogen) atoms. The number of hydrogen-bond acceptors (Lipinski definition) is 6. The molecule has 1 amide bonds. The molecule has 2 heterocycles. The van der Waals surface area contributed by atoms with Gasteiger partial charge < -0.3 is 20.4 Å². The van der Waals surface area contributed by atoms with Crippen LogP contribution >= 0.6 is 15.9 Å². The molecule has 3 N–H and O–H groups in total. The fourth-order valence-electron chi connectivity index (χ4n) is 3.68. The summed E-state index contributed by atoms with van der Waals surface area (Å²) in [6.45, 7) is 0.900. The fraction of sp³-hybridized carbons (Fsp3) is 0.526. The van der Waals surface area contributed by atoms with Crippen molar-refractivity contribution in [3.8, 4) is 6.07 Å². The Morgan fingerprint density at radius 1 is 1.48 bits per heavy atom. The molecule has 0 atom stereocenters. The highest BCUT2D eigenvalue weighted by Gasteiger charge is 2.25. The van der Waals surface area contributed by atoms with Gasteiger partial charge in [-0.05, 0) is 61.6 Å². The first-order valence-corrected chi connectivity index (χ1v) is 10.0. The standard InChI is InChI=1S/C19H24BrN5O2/c1-25(8-2-3-17(22)26)13-6-4-12(5-7-13)24-19-18(20)15-9-14(10-21)27-16(15)11-23-19/h9,11-13H,2-8H2,1H3,(H2,22,26)(H,23,24). The van der Waals surface area contributed by atoms with Gasteiger partial charge in [-0.1, -0.05) is 0 Å². The monoisotopic (exact) mass is 433 g/mol. The van der Waals surface area contributed by atoms with Gasteiger partial charge >= 0.3 is 0 Å². The summed E-state index contributed by atoms with van der Waals surface area (Å²) in [7, 11) is 2.12. The van der Waals surface area contributed by atoms with Crippen LogP contribution in [0.25, 0.3) is 11.0 Å². The van der Waals surface area contributed by atoms with Crippen LogP contribution in [-0.2, 0) is 4.79 Å². The highest BCUT2D eigenvalue weighted by atomic mass is 79.9. The molecule has 8 heteroatoms. The van der Waals surface area contributed by atoms with Crippen molar-refractivity contribution < 1.29 is 9.21 Å². The number of nitrogens with one attached hydrogen (secondary N) is 1. The van der Waals surface area contributed by atoms with Crippen molar-refractivity contribution in [1.82, 2.24) is 9.88 Å². The number of anilines is 1. The quantitative estimate of drug-likeness (QED) is 0.692. The highest BCUT2D eigenvalue weighted by molar-refractivity contribution is 9.10. The predicted molar refractivity (Wildman–Crippen MR) is 107 cm³/mol. The normalized spacial score (nSPS) is 19.9. The van der Waals surface area contributed by atoms with E-state index >= 15 is 0 Å². The Bertz CT molecular complexity index is 852. The molecule has 2 aromatic rings. The average Bonchev–Trinajstić information content (AvgIpc) is 3.08. The molecule has 7 nitrogen and oxygen atoms in total. The molecule has 0 saturated heterocycles. The summed E-state index contributed by atoms with van der Waals surface area (Å²) in [5.74, 6) is 0.835. The fourth-order valence-corrected chi connectivity index (χ4v) is 4.20. The number of aromatic nitrogens is 1. The number of nitriles is 1. The van der Waals surface area contributed by atoms with Gasteiger partial charge in [-0.3, -0.25) is 4.79 Å². The van der Waals surface area contributed by atoms with Gasteiger partial charge in [0.05, 0.1) is 10.7 Å². The van der Waals surface area contributed by atoms with E-state index in [-0.39, 0.29) is 11.7 Å². The molecule has 0 bridgehead atoms. The zero-order chi connectivity index (χ0) is 19.4. The van der Waals surface area contributed by atoms with Gasteiger partial charge in [0.25, 0.3) is 0 Å². The van der Waals surface area contributed by atoms with E-state index in [4.69, 9.17) is 15.4 Å². The average molecular weight is 434 g/mol. The molecule has 0 aromatic carbocycles. The number of nitrogens with two attached hydrogens (primary N) is 1. The van der Waals surface area contributed by atoms with Crippen LogP contribution in [0.4, 0.5) is 5.82 Å². The molecular formula is C19H24BrN5O2. The minimum Gasteiger partial charge on any atom is -0.444 e. The zero-order valence-corrected chi connectivity index (χ0v) is 17.0. The Hall–Kier alpha value is -2.11. The summed E-state index contributed by atoms with van der Waals surface area (Å²) in [5, 5.41) is 13.4. The van der Waals surface area contributed by atoms with E-state index in [1.807, 2.05) is 6.07 Å². The van der Waals surface area contributed by atoms with Crippen LogP contribution in [0.2, 0.25) is 0 Å². The van der Waals surface area contributed by atoms with Crippen LogP contribution in [0, 0.1) is 11.3 Å². The van der Waals surface area contributed by atoms with Crippen LogP contribution in [0.1, 0.15) is 44.3 Å². The van der Waals surface area contributed by atoms with Gasteiger partial charge in [-0.2, -0.15) is 5.26 Å². The Labute approximate surface area is 167 Å². The van der Waals surface area contributed by atoms with Crippen molar-refractivity contribution in [2.75, 3.05) is 18.9 Å². The Morgan fingerprint density at radius 3 is 2.89 bits per heavy atom. The van der Waals surface area contributed by atoms with Crippen LogP contribution in [0.15, 0.2) is 21.2 Å². The van der Waals surface area contributed by atoms with Gasteiger partial charge in [0.1, 0.15) is 11.9 Å². The van der Waals surface area contributed by atoms with Gasteiger partial charge in [0.15, 0.2) is 5.58 Å². The SMILES string of the molecule is CN(CCCC(N)=O)C1CCC(Nc2ncc3oc(C#N)cc3c2Br)CC1. The number of nitrogens with zero attached hydrogens (tertiary/aromatic N) is 3. The molecule has 0 spiro atoms. The lowest BCUT2D eigenvalue weighted by atomic mass is 9.90. The number of hydrogen-bond donors (Lipinski definition) is 2. The number of pyridine rings is 1. The minimum atomic E-state index is -0.231. The molecule has 144 valence electrons. The second-order valence-electron chi connectivity index (χ2n) is 7.12. The number of carbonyl (C=O) groups excluding carboxylic acids is 1. The molecule has 1 aliphatic rings. The topological polar surface area (TPSA) is 108 Å². The zero-order valence-electron chi connectivity index (χ0n) is 15.4. The van der Waals surface area contributed by atoms with E-state index < -0.39 is 0 Å². The molecule has 0 radical (unpaired) electrons. The van der Waals surface area contributed by atoms with Gasteiger partial charge in [-0.25, -0.2) is 4.98 Å². The largest absolute Gasteiger partial charge is 0.444 e. The number of rotatable bonds is 7. The first-order chi connectivity index (χ1) is 13.0. The Balaban J connectivity index is 1.55. The second-order valence-corrected chi connectivity index (χ2v) is 7.91. The van der Waals surface area contributed by atoms with Crippen LogP contribution in [0.5, 0.6) is 0 Å². The number of carbonyl (C=O) groups is 1.